The third kappa shape index (κ3) is 3.19. The van der Waals surface area contributed by atoms with Gasteiger partial charge in [-0.25, -0.2) is 0 Å². The molecule has 1 rings (SSSR count). The fraction of sp³-hybridized carbons (Fsp3) is 0.375. The highest BCUT2D eigenvalue weighted by atomic mass is 79.9. The van der Waals surface area contributed by atoms with Gasteiger partial charge in [-0.3, -0.25) is 4.98 Å². The maximum absolute atomic E-state index is 8.99. The number of halogens is 1. The second kappa shape index (κ2) is 4.42. The highest BCUT2D eigenvalue weighted by Gasteiger charge is 1.96. The Bertz CT molecular complexity index is 253. The summed E-state index contributed by atoms with van der Waals surface area (Å²) in [6, 6.07) is 1.91. The Balaban J connectivity index is 2.52. The van der Waals surface area contributed by atoms with Gasteiger partial charge in [0.1, 0.15) is 0 Å². The van der Waals surface area contributed by atoms with Crippen LogP contribution in [-0.4, -0.2) is 22.7 Å². The van der Waals surface area contributed by atoms with Crippen molar-refractivity contribution in [3.63, 3.8) is 0 Å². The number of aromatic nitrogens is 1. The lowest BCUT2D eigenvalue weighted by Crippen LogP contribution is -2.15. The summed E-state index contributed by atoms with van der Waals surface area (Å²) >= 11 is 3.30. The Hall–Kier alpha value is -0.610. The van der Waals surface area contributed by atoms with E-state index in [9.17, 15) is 0 Å². The van der Waals surface area contributed by atoms with Crippen LogP contribution in [0, 0.1) is 0 Å². The Morgan fingerprint density at radius 1 is 1.67 bits per heavy atom. The summed E-state index contributed by atoms with van der Waals surface area (Å²) in [7, 11) is 0. The molecule has 0 bridgehead atoms. The van der Waals surface area contributed by atoms with Crippen LogP contribution in [0.5, 0.6) is 0 Å². The van der Waals surface area contributed by atoms with E-state index in [1.807, 2.05) is 6.07 Å². The zero-order valence-corrected chi connectivity index (χ0v) is 8.37. The molecule has 0 aliphatic rings. The van der Waals surface area contributed by atoms with Crippen molar-refractivity contribution in [3.05, 3.63) is 22.9 Å². The molecule has 4 heteroatoms. The van der Waals surface area contributed by atoms with Crippen LogP contribution in [0.15, 0.2) is 22.9 Å². The van der Waals surface area contributed by atoms with Crippen LogP contribution in [0.1, 0.15) is 6.92 Å². The fourth-order valence-electron chi connectivity index (χ4n) is 0.774. The van der Waals surface area contributed by atoms with E-state index in [4.69, 9.17) is 5.11 Å². The highest BCUT2D eigenvalue weighted by molar-refractivity contribution is 9.10. The van der Waals surface area contributed by atoms with Gasteiger partial charge in [0.2, 0.25) is 0 Å². The van der Waals surface area contributed by atoms with Gasteiger partial charge in [-0.05, 0) is 28.9 Å². The van der Waals surface area contributed by atoms with Gasteiger partial charge in [0.05, 0.1) is 18.0 Å². The molecule has 0 radical (unpaired) electrons. The predicted octanol–water partition coefficient (Wildman–Crippen LogP) is 1.64. The van der Waals surface area contributed by atoms with E-state index < -0.39 is 0 Å². The van der Waals surface area contributed by atoms with Gasteiger partial charge in [0, 0.05) is 17.2 Å². The first kappa shape index (κ1) is 9.48. The monoisotopic (exact) mass is 230 g/mol. The van der Waals surface area contributed by atoms with Gasteiger partial charge >= 0.3 is 0 Å². The summed E-state index contributed by atoms with van der Waals surface area (Å²) in [6.45, 7) is 2.27. The number of nitrogens with one attached hydrogen (secondary N) is 1. The highest BCUT2D eigenvalue weighted by Crippen LogP contribution is 2.13. The van der Waals surface area contributed by atoms with E-state index in [1.165, 1.54) is 0 Å². The first-order valence-electron chi connectivity index (χ1n) is 3.71. The third-order valence-electron chi connectivity index (χ3n) is 1.31. The topological polar surface area (TPSA) is 45.1 Å². The molecule has 2 N–H and O–H groups in total. The van der Waals surface area contributed by atoms with Gasteiger partial charge in [-0.2, -0.15) is 0 Å². The average molecular weight is 231 g/mol. The van der Waals surface area contributed by atoms with Crippen molar-refractivity contribution >= 4 is 21.6 Å². The molecule has 0 aliphatic heterocycles. The SMILES string of the molecule is C[C@H](O)CNc1cncc(Br)c1. The molecule has 0 aliphatic carbocycles. The minimum absolute atomic E-state index is 0.344. The van der Waals surface area contributed by atoms with E-state index in [1.54, 1.807) is 19.3 Å². The van der Waals surface area contributed by atoms with Crippen LogP contribution in [0.4, 0.5) is 5.69 Å². The summed E-state index contributed by atoms with van der Waals surface area (Å²) in [6.07, 6.45) is 3.09. The zero-order chi connectivity index (χ0) is 8.97. The molecular formula is C8H11BrN2O. The Kier molecular flexibility index (Phi) is 3.49. The average Bonchev–Trinajstić information content (AvgIpc) is 2.01. The molecule has 0 saturated heterocycles. The number of aliphatic hydroxyl groups is 1. The summed E-state index contributed by atoms with van der Waals surface area (Å²) in [5.41, 5.74) is 0.908. The summed E-state index contributed by atoms with van der Waals surface area (Å²) < 4.78 is 0.929. The minimum atomic E-state index is -0.344. The number of aliphatic hydroxyl groups excluding tert-OH is 1. The Labute approximate surface area is 80.0 Å². The molecule has 0 fully saturated rings. The lowest BCUT2D eigenvalue weighted by atomic mass is 10.3. The third-order valence-corrected chi connectivity index (χ3v) is 1.74. The Morgan fingerprint density at radius 3 is 3.00 bits per heavy atom. The summed E-state index contributed by atoms with van der Waals surface area (Å²) in [5, 5.41) is 12.0. The lowest BCUT2D eigenvalue weighted by Gasteiger charge is -2.07. The molecule has 1 atom stereocenters. The van der Waals surface area contributed by atoms with Crippen molar-refractivity contribution in [1.29, 1.82) is 0 Å². The van der Waals surface area contributed by atoms with E-state index >= 15 is 0 Å². The molecule has 0 unspecified atom stereocenters. The van der Waals surface area contributed by atoms with Crippen LogP contribution < -0.4 is 5.32 Å². The number of anilines is 1. The van der Waals surface area contributed by atoms with Crippen LogP contribution in [0.25, 0.3) is 0 Å². The van der Waals surface area contributed by atoms with Crippen molar-refractivity contribution in [3.8, 4) is 0 Å². The molecule has 0 amide bonds. The van der Waals surface area contributed by atoms with Crippen molar-refractivity contribution < 1.29 is 5.11 Å². The summed E-state index contributed by atoms with van der Waals surface area (Å²) in [5.74, 6) is 0. The number of nitrogens with zero attached hydrogens (tertiary/aromatic N) is 1. The van der Waals surface area contributed by atoms with Gasteiger partial charge < -0.3 is 10.4 Å². The van der Waals surface area contributed by atoms with Crippen LogP contribution in [0.3, 0.4) is 0 Å². The van der Waals surface area contributed by atoms with Gasteiger partial charge in [-0.15, -0.1) is 0 Å². The fourth-order valence-corrected chi connectivity index (χ4v) is 1.14. The van der Waals surface area contributed by atoms with Crippen LogP contribution in [-0.2, 0) is 0 Å². The van der Waals surface area contributed by atoms with Crippen molar-refractivity contribution in [2.45, 2.75) is 13.0 Å². The van der Waals surface area contributed by atoms with Gasteiger partial charge in [0.25, 0.3) is 0 Å². The molecule has 1 aromatic rings. The Morgan fingerprint density at radius 2 is 2.42 bits per heavy atom. The predicted molar refractivity (Wildman–Crippen MR) is 52.1 cm³/mol. The number of rotatable bonds is 3. The molecule has 0 aromatic carbocycles. The number of hydrogen-bond donors (Lipinski definition) is 2. The molecule has 66 valence electrons. The van der Waals surface area contributed by atoms with Gasteiger partial charge in [-0.1, -0.05) is 0 Å². The number of hydrogen-bond acceptors (Lipinski definition) is 3. The molecule has 1 aromatic heterocycles. The second-order valence-corrected chi connectivity index (χ2v) is 3.54. The molecule has 0 spiro atoms. The maximum atomic E-state index is 8.99. The standard InChI is InChI=1S/C8H11BrN2O/c1-6(12)3-11-8-2-7(9)4-10-5-8/h2,4-6,11-12H,3H2,1H3/t6-/m0/s1. The molecule has 1 heterocycles. The minimum Gasteiger partial charge on any atom is -0.392 e. The molecule has 3 nitrogen and oxygen atoms in total. The normalized spacial score (nSPS) is 12.6. The molecule has 0 saturated carbocycles. The van der Waals surface area contributed by atoms with E-state index in [2.05, 4.69) is 26.2 Å². The van der Waals surface area contributed by atoms with Crippen LogP contribution >= 0.6 is 15.9 Å². The van der Waals surface area contributed by atoms with Crippen molar-refractivity contribution in [2.24, 2.45) is 0 Å². The van der Waals surface area contributed by atoms with Crippen LogP contribution in [0.2, 0.25) is 0 Å². The second-order valence-electron chi connectivity index (χ2n) is 2.62. The maximum Gasteiger partial charge on any atom is 0.0684 e. The van der Waals surface area contributed by atoms with Gasteiger partial charge in [0.15, 0.2) is 0 Å². The van der Waals surface area contributed by atoms with E-state index in [0.717, 1.165) is 10.2 Å². The van der Waals surface area contributed by atoms with E-state index in [0.29, 0.717) is 6.54 Å². The summed E-state index contributed by atoms with van der Waals surface area (Å²) in [4.78, 5) is 3.97. The smallest absolute Gasteiger partial charge is 0.0684 e. The van der Waals surface area contributed by atoms with E-state index in [-0.39, 0.29) is 6.10 Å². The first-order valence-corrected chi connectivity index (χ1v) is 4.50. The quantitative estimate of drug-likeness (QED) is 0.831. The van der Waals surface area contributed by atoms with Crippen molar-refractivity contribution in [2.75, 3.05) is 11.9 Å². The lowest BCUT2D eigenvalue weighted by molar-refractivity contribution is 0.208. The number of pyridine rings is 1. The largest absolute Gasteiger partial charge is 0.392 e. The first-order chi connectivity index (χ1) is 5.68. The molecular weight excluding hydrogens is 220 g/mol. The molecule has 12 heavy (non-hydrogen) atoms. The van der Waals surface area contributed by atoms with Crippen molar-refractivity contribution in [1.82, 2.24) is 4.98 Å². The zero-order valence-electron chi connectivity index (χ0n) is 6.79.